The molecule has 110 valence electrons. The van der Waals surface area contributed by atoms with Crippen LogP contribution >= 0.6 is 0 Å². The van der Waals surface area contributed by atoms with Crippen LogP contribution in [-0.2, 0) is 17.3 Å². The first-order chi connectivity index (χ1) is 9.41. The molecule has 1 heterocycles. The van der Waals surface area contributed by atoms with E-state index >= 15 is 0 Å². The summed E-state index contributed by atoms with van der Waals surface area (Å²) in [7, 11) is 0. The molecule has 0 saturated carbocycles. The number of halogens is 4. The molecular weight excluding hydrogens is 274 g/mol. The average Bonchev–Trinajstić information content (AvgIpc) is 2.76. The molecule has 0 amide bonds. The van der Waals surface area contributed by atoms with Crippen LogP contribution in [0.15, 0.2) is 12.1 Å². The second-order valence-corrected chi connectivity index (χ2v) is 5.22. The van der Waals surface area contributed by atoms with Crippen LogP contribution in [0.5, 0.6) is 0 Å². The van der Waals surface area contributed by atoms with Crippen molar-refractivity contribution in [2.24, 2.45) is 0 Å². The number of nitrogens with zero attached hydrogens (tertiary/aromatic N) is 1. The molecular formula is C14H15F4NO. The number of ether oxygens (including phenoxy) is 1. The van der Waals surface area contributed by atoms with Crippen LogP contribution in [0.2, 0.25) is 0 Å². The number of hydrogen-bond donors (Lipinski definition) is 0. The van der Waals surface area contributed by atoms with E-state index in [-0.39, 0.29) is 12.1 Å². The maximum Gasteiger partial charge on any atom is 0.416 e. The Labute approximate surface area is 114 Å². The van der Waals surface area contributed by atoms with Gasteiger partial charge >= 0.3 is 6.18 Å². The Hall–Kier alpha value is -1.14. The summed E-state index contributed by atoms with van der Waals surface area (Å²) in [5, 5.41) is 0. The normalized spacial score (nSPS) is 26.4. The van der Waals surface area contributed by atoms with E-state index in [9.17, 15) is 17.6 Å². The monoisotopic (exact) mass is 289 g/mol. The Kier molecular flexibility index (Phi) is 3.25. The highest BCUT2D eigenvalue weighted by molar-refractivity contribution is 5.42. The molecule has 3 rings (SSSR count). The highest BCUT2D eigenvalue weighted by Gasteiger charge is 2.43. The molecule has 2 nitrogen and oxygen atoms in total. The molecule has 20 heavy (non-hydrogen) atoms. The van der Waals surface area contributed by atoms with Gasteiger partial charge in [-0.3, -0.25) is 4.90 Å². The van der Waals surface area contributed by atoms with Gasteiger partial charge in [0.15, 0.2) is 0 Å². The van der Waals surface area contributed by atoms with Crippen molar-refractivity contribution in [1.29, 1.82) is 0 Å². The molecule has 1 fully saturated rings. The predicted molar refractivity (Wildman–Crippen MR) is 64.8 cm³/mol. The van der Waals surface area contributed by atoms with Crippen molar-refractivity contribution in [2.45, 2.75) is 31.7 Å². The lowest BCUT2D eigenvalue weighted by Gasteiger charge is -2.37. The van der Waals surface area contributed by atoms with Gasteiger partial charge in [-0.25, -0.2) is 4.39 Å². The van der Waals surface area contributed by atoms with Crippen LogP contribution in [0, 0.1) is 5.82 Å². The molecule has 1 aliphatic heterocycles. The SMILES string of the molecule is CCN1CCO[C@@H]2Cc3cc(C(F)(F)F)cc(F)c3[C@@H]21. The minimum absolute atomic E-state index is 0.239. The minimum Gasteiger partial charge on any atom is -0.375 e. The van der Waals surface area contributed by atoms with Crippen LogP contribution in [0.4, 0.5) is 17.6 Å². The zero-order valence-electron chi connectivity index (χ0n) is 11.0. The van der Waals surface area contributed by atoms with Crippen molar-refractivity contribution in [3.8, 4) is 0 Å². The molecule has 1 aliphatic carbocycles. The van der Waals surface area contributed by atoms with Gasteiger partial charge in [-0.15, -0.1) is 0 Å². The maximum absolute atomic E-state index is 14.2. The van der Waals surface area contributed by atoms with Crippen molar-refractivity contribution >= 4 is 0 Å². The van der Waals surface area contributed by atoms with Gasteiger partial charge in [-0.05, 0) is 24.2 Å². The van der Waals surface area contributed by atoms with Gasteiger partial charge < -0.3 is 4.74 Å². The predicted octanol–water partition coefficient (Wildman–Crippen LogP) is 3.16. The summed E-state index contributed by atoms with van der Waals surface area (Å²) < 4.78 is 58.0. The lowest BCUT2D eigenvalue weighted by molar-refractivity contribution is -0.137. The molecule has 2 atom stereocenters. The van der Waals surface area contributed by atoms with E-state index in [0.717, 1.165) is 12.6 Å². The second-order valence-electron chi connectivity index (χ2n) is 5.22. The zero-order valence-corrected chi connectivity index (χ0v) is 11.0. The summed E-state index contributed by atoms with van der Waals surface area (Å²) >= 11 is 0. The van der Waals surface area contributed by atoms with Crippen molar-refractivity contribution in [2.75, 3.05) is 19.7 Å². The van der Waals surface area contributed by atoms with Gasteiger partial charge in [0.2, 0.25) is 0 Å². The second kappa shape index (κ2) is 4.70. The first-order valence-corrected chi connectivity index (χ1v) is 6.67. The van der Waals surface area contributed by atoms with Crippen LogP contribution in [0.3, 0.4) is 0 Å². The number of fused-ring (bicyclic) bond motifs is 3. The first kappa shape index (κ1) is 13.8. The lowest BCUT2D eigenvalue weighted by Crippen LogP contribution is -2.43. The van der Waals surface area contributed by atoms with Crippen molar-refractivity contribution in [3.05, 3.63) is 34.6 Å². The number of likely N-dealkylation sites (N-methyl/N-ethyl adjacent to an activating group) is 1. The number of alkyl halides is 3. The summed E-state index contributed by atoms with van der Waals surface area (Å²) in [6, 6.07) is 1.41. The molecule has 0 unspecified atom stereocenters. The number of rotatable bonds is 1. The van der Waals surface area contributed by atoms with Gasteiger partial charge in [0.1, 0.15) is 5.82 Å². The van der Waals surface area contributed by atoms with Gasteiger partial charge in [0, 0.05) is 18.5 Å². The Balaban J connectivity index is 2.06. The summed E-state index contributed by atoms with van der Waals surface area (Å²) in [5.41, 5.74) is -0.118. The molecule has 0 spiro atoms. The lowest BCUT2D eigenvalue weighted by atomic mass is 10.0. The summed E-state index contributed by atoms with van der Waals surface area (Å²) in [6.07, 6.45) is -4.41. The Bertz CT molecular complexity index is 529. The molecule has 6 heteroatoms. The highest BCUT2D eigenvalue weighted by atomic mass is 19.4. The Morgan fingerprint density at radius 3 is 2.75 bits per heavy atom. The third-order valence-electron chi connectivity index (χ3n) is 4.12. The summed E-state index contributed by atoms with van der Waals surface area (Å²) in [4.78, 5) is 2.07. The summed E-state index contributed by atoms with van der Waals surface area (Å²) in [6.45, 7) is 3.90. The van der Waals surface area contributed by atoms with Gasteiger partial charge in [0.05, 0.1) is 24.3 Å². The van der Waals surface area contributed by atoms with Crippen molar-refractivity contribution in [3.63, 3.8) is 0 Å². The standard InChI is InChI=1S/C14H15F4NO/c1-2-19-3-4-20-11-6-8-5-9(14(16,17)18)7-10(15)12(8)13(11)19/h5,7,11,13H,2-4,6H2,1H3/t11-,13-/m1/s1. The van der Waals surface area contributed by atoms with E-state index in [2.05, 4.69) is 4.90 Å². The van der Waals surface area contributed by atoms with Crippen molar-refractivity contribution in [1.82, 2.24) is 4.90 Å². The fourth-order valence-corrected chi connectivity index (χ4v) is 3.24. The number of hydrogen-bond acceptors (Lipinski definition) is 2. The van der Waals surface area contributed by atoms with E-state index in [1.807, 2.05) is 6.92 Å². The molecule has 1 aromatic rings. The van der Waals surface area contributed by atoms with Crippen molar-refractivity contribution < 1.29 is 22.3 Å². The Morgan fingerprint density at radius 1 is 1.35 bits per heavy atom. The molecule has 0 bridgehead atoms. The van der Waals surface area contributed by atoms with E-state index in [4.69, 9.17) is 4.74 Å². The molecule has 0 N–H and O–H groups in total. The highest BCUT2D eigenvalue weighted by Crippen LogP contribution is 2.43. The average molecular weight is 289 g/mol. The van der Waals surface area contributed by atoms with Crippen LogP contribution < -0.4 is 0 Å². The molecule has 1 saturated heterocycles. The number of morpholine rings is 1. The van der Waals surface area contributed by atoms with E-state index in [1.165, 1.54) is 0 Å². The third kappa shape index (κ3) is 2.11. The maximum atomic E-state index is 14.2. The van der Waals surface area contributed by atoms with E-state index in [1.54, 1.807) is 0 Å². The van der Waals surface area contributed by atoms with Gasteiger partial charge in [-0.1, -0.05) is 6.92 Å². The van der Waals surface area contributed by atoms with Crippen LogP contribution in [-0.4, -0.2) is 30.7 Å². The quantitative estimate of drug-likeness (QED) is 0.736. The van der Waals surface area contributed by atoms with Gasteiger partial charge in [-0.2, -0.15) is 13.2 Å². The largest absolute Gasteiger partial charge is 0.416 e. The smallest absolute Gasteiger partial charge is 0.375 e. The van der Waals surface area contributed by atoms with Crippen LogP contribution in [0.1, 0.15) is 29.7 Å². The molecule has 0 aromatic heterocycles. The minimum atomic E-state index is -4.52. The third-order valence-corrected chi connectivity index (χ3v) is 4.12. The van der Waals surface area contributed by atoms with Gasteiger partial charge in [0.25, 0.3) is 0 Å². The molecule has 1 aromatic carbocycles. The van der Waals surface area contributed by atoms with Crippen LogP contribution in [0.25, 0.3) is 0 Å². The molecule has 0 radical (unpaired) electrons. The first-order valence-electron chi connectivity index (χ1n) is 6.67. The Morgan fingerprint density at radius 2 is 2.10 bits per heavy atom. The fraction of sp³-hybridized carbons (Fsp3) is 0.571. The molecule has 2 aliphatic rings. The number of benzene rings is 1. The van der Waals surface area contributed by atoms with E-state index in [0.29, 0.717) is 36.8 Å². The van der Waals surface area contributed by atoms with E-state index < -0.39 is 17.6 Å². The topological polar surface area (TPSA) is 12.5 Å². The summed E-state index contributed by atoms with van der Waals surface area (Å²) in [5.74, 6) is -0.772. The zero-order chi connectivity index (χ0) is 14.5. The fourth-order valence-electron chi connectivity index (χ4n) is 3.24.